The molecule has 0 bridgehead atoms. The molecular weight excluding hydrogens is 540 g/mol. The highest BCUT2D eigenvalue weighted by atomic mass is 16.1. The lowest BCUT2D eigenvalue weighted by Gasteiger charge is -2.47. The fourth-order valence-electron chi connectivity index (χ4n) is 10.4. The molecule has 6 fully saturated rings. The van der Waals surface area contributed by atoms with Crippen molar-refractivity contribution < 1.29 is 4.79 Å². The van der Waals surface area contributed by atoms with Crippen LogP contribution >= 0.6 is 0 Å². The Kier molecular flexibility index (Phi) is 8.19. The number of carbonyl (C=O) groups excluding carboxylic acids is 1. The van der Waals surface area contributed by atoms with Crippen molar-refractivity contribution in [1.82, 2.24) is 19.6 Å². The van der Waals surface area contributed by atoms with Gasteiger partial charge in [-0.3, -0.25) is 24.4 Å². The quantitative estimate of drug-likeness (QED) is 0.358. The number of rotatable bonds is 8. The van der Waals surface area contributed by atoms with E-state index in [2.05, 4.69) is 80.3 Å². The average molecular weight is 595 g/mol. The minimum atomic E-state index is -0.357. The van der Waals surface area contributed by atoms with E-state index in [1.165, 1.54) is 75.3 Å². The Hall–Kier alpha value is -2.05. The van der Waals surface area contributed by atoms with Crippen LogP contribution in [0.3, 0.4) is 0 Å². The minimum Gasteiger partial charge on any atom is -0.298 e. The Morgan fingerprint density at radius 1 is 0.500 bits per heavy atom. The van der Waals surface area contributed by atoms with E-state index in [4.69, 9.17) is 0 Å². The van der Waals surface area contributed by atoms with Crippen LogP contribution in [0.1, 0.15) is 100 Å². The molecule has 236 valence electrons. The molecule has 2 heterocycles. The van der Waals surface area contributed by atoms with Gasteiger partial charge in [0.2, 0.25) is 0 Å². The molecule has 8 rings (SSSR count). The van der Waals surface area contributed by atoms with Crippen molar-refractivity contribution in [2.24, 2.45) is 0 Å². The molecule has 5 heteroatoms. The fourth-order valence-corrected chi connectivity index (χ4v) is 10.4. The lowest BCUT2D eigenvalue weighted by Crippen LogP contribution is -2.63. The highest BCUT2D eigenvalue weighted by Gasteiger charge is 2.75. The molecule has 0 amide bonds. The number of hydrogen-bond donors (Lipinski definition) is 0. The summed E-state index contributed by atoms with van der Waals surface area (Å²) < 4.78 is 0. The number of nitrogens with zero attached hydrogens (tertiary/aromatic N) is 4. The fraction of sp³-hybridized carbons (Fsp3) is 0.667. The van der Waals surface area contributed by atoms with Crippen LogP contribution in [0.2, 0.25) is 0 Å². The van der Waals surface area contributed by atoms with Crippen LogP contribution in [-0.4, -0.2) is 101 Å². The van der Waals surface area contributed by atoms with Gasteiger partial charge in [-0.25, -0.2) is 0 Å². The number of carbonyl (C=O) groups is 1. The largest absolute Gasteiger partial charge is 0.298 e. The lowest BCUT2D eigenvalue weighted by atomic mass is 9.88. The summed E-state index contributed by atoms with van der Waals surface area (Å²) in [5.41, 5.74) is 2.02. The van der Waals surface area contributed by atoms with E-state index in [1.54, 1.807) is 0 Å². The van der Waals surface area contributed by atoms with Gasteiger partial charge in [0.1, 0.15) is 0 Å². The summed E-state index contributed by atoms with van der Waals surface area (Å²) in [6.45, 7) is 8.62. The molecule has 4 atom stereocenters. The first-order chi connectivity index (χ1) is 21.7. The van der Waals surface area contributed by atoms with Crippen LogP contribution in [0.5, 0.6) is 0 Å². The first-order valence-electron chi connectivity index (χ1n) is 18.3. The third kappa shape index (κ3) is 5.20. The Labute approximate surface area is 266 Å². The van der Waals surface area contributed by atoms with Gasteiger partial charge in [-0.2, -0.15) is 0 Å². The topological polar surface area (TPSA) is 30.0 Å². The summed E-state index contributed by atoms with van der Waals surface area (Å²) in [6, 6.07) is 23.6. The molecule has 6 aliphatic rings. The van der Waals surface area contributed by atoms with E-state index in [0.29, 0.717) is 17.6 Å². The smallest absolute Gasteiger partial charge is 0.174 e. The Morgan fingerprint density at radius 3 is 1.23 bits per heavy atom. The molecule has 0 aromatic heterocycles. The maximum absolute atomic E-state index is 15.6. The van der Waals surface area contributed by atoms with Crippen molar-refractivity contribution in [1.29, 1.82) is 0 Å². The molecule has 2 saturated heterocycles. The molecule has 0 radical (unpaired) electrons. The standard InChI is InChI=1S/C39H54N4O/c44-37(38(29-35(38)31-13-5-1-6-14-31)42-25-21-40(22-26-42)33-17-9-3-10-18-33)39(30-36(39)32-15-7-2-8-16-32)43-27-23-41(24-28-43)34-19-11-4-12-20-34/h1-2,5-8,13-16,33-36H,3-4,9-12,17-30H2. The van der Waals surface area contributed by atoms with Gasteiger partial charge < -0.3 is 0 Å². The Bertz CT molecular complexity index is 1160. The number of hydrogen-bond acceptors (Lipinski definition) is 5. The van der Waals surface area contributed by atoms with Gasteiger partial charge in [-0.05, 0) is 49.7 Å². The molecule has 0 spiro atoms. The van der Waals surface area contributed by atoms with E-state index >= 15 is 4.79 Å². The zero-order chi connectivity index (χ0) is 29.6. The van der Waals surface area contributed by atoms with Crippen molar-refractivity contribution in [3.05, 3.63) is 71.8 Å². The Balaban J connectivity index is 1.08. The van der Waals surface area contributed by atoms with Crippen LogP contribution in [0.4, 0.5) is 0 Å². The zero-order valence-electron chi connectivity index (χ0n) is 26.9. The summed E-state index contributed by atoms with van der Waals surface area (Å²) in [6.07, 6.45) is 15.8. The maximum Gasteiger partial charge on any atom is 0.174 e. The second-order valence-corrected chi connectivity index (χ2v) is 15.1. The maximum atomic E-state index is 15.6. The second-order valence-electron chi connectivity index (χ2n) is 15.1. The highest BCUT2D eigenvalue weighted by Crippen LogP contribution is 2.65. The van der Waals surface area contributed by atoms with E-state index in [-0.39, 0.29) is 11.1 Å². The summed E-state index contributed by atoms with van der Waals surface area (Å²) in [5, 5.41) is 0. The molecule has 0 N–H and O–H groups in total. The zero-order valence-corrected chi connectivity index (χ0v) is 26.9. The third-order valence-electron chi connectivity index (χ3n) is 13.0. The second kappa shape index (κ2) is 12.3. The molecule has 2 aromatic carbocycles. The van der Waals surface area contributed by atoms with Crippen molar-refractivity contribution in [3.8, 4) is 0 Å². The molecule has 2 aliphatic heterocycles. The SMILES string of the molecule is O=C(C1(N2CCN(C3CCCCC3)CC2)CC1c1ccccc1)C1(N2CCN(C3CCCCC3)CC2)CC1c1ccccc1. The predicted molar refractivity (Wildman–Crippen MR) is 178 cm³/mol. The van der Waals surface area contributed by atoms with E-state index in [9.17, 15) is 0 Å². The van der Waals surface area contributed by atoms with Crippen molar-refractivity contribution in [2.45, 2.75) is 112 Å². The number of piperazine rings is 2. The molecule has 5 nitrogen and oxygen atoms in total. The van der Waals surface area contributed by atoms with Crippen LogP contribution < -0.4 is 0 Å². The summed E-state index contributed by atoms with van der Waals surface area (Å²) in [5.74, 6) is 1.19. The monoisotopic (exact) mass is 594 g/mol. The third-order valence-corrected chi connectivity index (χ3v) is 13.0. The summed E-state index contributed by atoms with van der Waals surface area (Å²) in [4.78, 5) is 26.6. The molecule has 4 unspecified atom stereocenters. The van der Waals surface area contributed by atoms with Gasteiger partial charge in [-0.15, -0.1) is 0 Å². The molecule has 44 heavy (non-hydrogen) atoms. The van der Waals surface area contributed by atoms with Gasteiger partial charge in [0.25, 0.3) is 0 Å². The summed E-state index contributed by atoms with van der Waals surface area (Å²) in [7, 11) is 0. The highest BCUT2D eigenvalue weighted by molar-refractivity contribution is 6.04. The van der Waals surface area contributed by atoms with E-state index < -0.39 is 0 Å². The normalized spacial score (nSPS) is 35.0. The first kappa shape index (κ1) is 29.4. The summed E-state index contributed by atoms with van der Waals surface area (Å²) >= 11 is 0. The van der Waals surface area contributed by atoms with Crippen LogP contribution in [0.25, 0.3) is 0 Å². The van der Waals surface area contributed by atoms with Gasteiger partial charge in [0.05, 0.1) is 11.1 Å². The average Bonchev–Trinajstić information content (AvgIpc) is 4.04. The molecule has 2 aromatic rings. The minimum absolute atomic E-state index is 0.315. The number of ketones is 1. The number of Topliss-reactive ketones (excluding diaryl/α,β-unsaturated/α-hetero) is 1. The van der Waals surface area contributed by atoms with Gasteiger partial charge in [0.15, 0.2) is 5.78 Å². The van der Waals surface area contributed by atoms with Gasteiger partial charge in [-0.1, -0.05) is 99.2 Å². The molecule has 4 saturated carbocycles. The van der Waals surface area contributed by atoms with Gasteiger partial charge >= 0.3 is 0 Å². The van der Waals surface area contributed by atoms with Crippen LogP contribution in [0, 0.1) is 0 Å². The van der Waals surface area contributed by atoms with Gasteiger partial charge in [0, 0.05) is 76.3 Å². The van der Waals surface area contributed by atoms with Crippen molar-refractivity contribution >= 4 is 5.78 Å². The Morgan fingerprint density at radius 2 is 0.864 bits per heavy atom. The first-order valence-corrected chi connectivity index (χ1v) is 18.3. The molecule has 4 aliphatic carbocycles. The van der Waals surface area contributed by atoms with E-state index in [0.717, 1.165) is 77.3 Å². The molecular formula is C39H54N4O. The van der Waals surface area contributed by atoms with Crippen molar-refractivity contribution in [3.63, 3.8) is 0 Å². The predicted octanol–water partition coefficient (Wildman–Crippen LogP) is 6.31. The van der Waals surface area contributed by atoms with Crippen LogP contribution in [-0.2, 0) is 4.79 Å². The van der Waals surface area contributed by atoms with Crippen LogP contribution in [0.15, 0.2) is 60.7 Å². The lowest BCUT2D eigenvalue weighted by molar-refractivity contribution is -0.136. The van der Waals surface area contributed by atoms with Crippen molar-refractivity contribution in [2.75, 3.05) is 52.4 Å². The van der Waals surface area contributed by atoms with E-state index in [1.807, 2.05) is 0 Å². The number of benzene rings is 2.